The second kappa shape index (κ2) is 5.34. The number of rotatable bonds is 6. The summed E-state index contributed by atoms with van der Waals surface area (Å²) in [5.74, 6) is -1.24. The lowest BCUT2D eigenvalue weighted by Gasteiger charge is -2.07. The first kappa shape index (κ1) is 12.3. The van der Waals surface area contributed by atoms with Gasteiger partial charge < -0.3 is 15.4 Å². The van der Waals surface area contributed by atoms with Crippen LogP contribution in [0.1, 0.15) is 35.8 Å². The van der Waals surface area contributed by atoms with Crippen molar-refractivity contribution in [2.75, 3.05) is 0 Å². The number of hydrogen-bond acceptors (Lipinski definition) is 2. The lowest BCUT2D eigenvalue weighted by molar-refractivity contribution is -0.118. The van der Waals surface area contributed by atoms with Gasteiger partial charge in [0, 0.05) is 24.9 Å². The molecule has 1 amide bonds. The summed E-state index contributed by atoms with van der Waals surface area (Å²) in [6.45, 7) is 2.53. The van der Waals surface area contributed by atoms with E-state index in [0.717, 1.165) is 5.69 Å². The lowest BCUT2D eigenvalue weighted by atomic mass is 10.2. The molecule has 0 saturated heterocycles. The molecule has 3 N–H and O–H groups in total. The Balaban J connectivity index is 2.73. The average molecular weight is 224 g/mol. The van der Waals surface area contributed by atoms with Crippen molar-refractivity contribution < 1.29 is 14.7 Å². The molecule has 0 aliphatic heterocycles. The molecular formula is C11H16N2O3. The van der Waals surface area contributed by atoms with Gasteiger partial charge in [-0.3, -0.25) is 4.79 Å². The molecule has 1 heterocycles. The quantitative estimate of drug-likeness (QED) is 0.756. The maximum Gasteiger partial charge on any atom is 0.337 e. The van der Waals surface area contributed by atoms with E-state index in [1.54, 1.807) is 12.3 Å². The first-order chi connectivity index (χ1) is 7.56. The standard InChI is InChI=1S/C11H16N2O3/c1-2-9-8(11(15)16)5-7-13(9)6-3-4-10(12)14/h5,7H,2-4,6H2,1H3,(H2,12,14)(H,15,16). The van der Waals surface area contributed by atoms with Gasteiger partial charge in [0.2, 0.25) is 5.91 Å². The molecule has 0 saturated carbocycles. The first-order valence-electron chi connectivity index (χ1n) is 5.25. The van der Waals surface area contributed by atoms with E-state index in [1.807, 2.05) is 11.5 Å². The maximum absolute atomic E-state index is 10.9. The molecule has 1 aromatic rings. The highest BCUT2D eigenvalue weighted by molar-refractivity contribution is 5.89. The molecule has 0 unspecified atom stereocenters. The molecule has 0 aliphatic rings. The minimum Gasteiger partial charge on any atom is -0.478 e. The maximum atomic E-state index is 10.9. The van der Waals surface area contributed by atoms with Gasteiger partial charge in [0.15, 0.2) is 0 Å². The first-order valence-corrected chi connectivity index (χ1v) is 5.25. The number of aromatic nitrogens is 1. The minimum atomic E-state index is -0.912. The lowest BCUT2D eigenvalue weighted by Crippen LogP contribution is -2.12. The van der Waals surface area contributed by atoms with E-state index < -0.39 is 5.97 Å². The summed E-state index contributed by atoms with van der Waals surface area (Å²) in [4.78, 5) is 21.5. The zero-order chi connectivity index (χ0) is 12.1. The number of nitrogens with zero attached hydrogens (tertiary/aromatic N) is 1. The van der Waals surface area contributed by atoms with Crippen molar-refractivity contribution in [3.8, 4) is 0 Å². The predicted molar refractivity (Wildman–Crippen MR) is 59.2 cm³/mol. The summed E-state index contributed by atoms with van der Waals surface area (Å²) >= 11 is 0. The summed E-state index contributed by atoms with van der Waals surface area (Å²) in [6.07, 6.45) is 3.36. The van der Waals surface area contributed by atoms with Crippen LogP contribution in [0.5, 0.6) is 0 Å². The number of carbonyl (C=O) groups is 2. The van der Waals surface area contributed by atoms with Crippen LogP contribution in [0, 0.1) is 0 Å². The van der Waals surface area contributed by atoms with Gasteiger partial charge in [-0.15, -0.1) is 0 Å². The van der Waals surface area contributed by atoms with Crippen molar-refractivity contribution in [2.45, 2.75) is 32.7 Å². The molecule has 1 aromatic heterocycles. The second-order valence-electron chi connectivity index (χ2n) is 3.60. The summed E-state index contributed by atoms with van der Waals surface area (Å²) < 4.78 is 1.87. The smallest absolute Gasteiger partial charge is 0.337 e. The van der Waals surface area contributed by atoms with Crippen LogP contribution in [-0.2, 0) is 17.8 Å². The summed E-state index contributed by atoms with van der Waals surface area (Å²) in [6, 6.07) is 1.59. The number of aromatic carboxylic acids is 1. The second-order valence-corrected chi connectivity index (χ2v) is 3.60. The fraction of sp³-hybridized carbons (Fsp3) is 0.455. The van der Waals surface area contributed by atoms with E-state index in [-0.39, 0.29) is 5.91 Å². The van der Waals surface area contributed by atoms with Crippen LogP contribution < -0.4 is 5.73 Å². The van der Waals surface area contributed by atoms with Gasteiger partial charge in [0.05, 0.1) is 5.56 Å². The van der Waals surface area contributed by atoms with Gasteiger partial charge in [-0.25, -0.2) is 4.79 Å². The molecule has 5 nitrogen and oxygen atoms in total. The van der Waals surface area contributed by atoms with Crippen LogP contribution in [-0.4, -0.2) is 21.6 Å². The van der Waals surface area contributed by atoms with E-state index in [9.17, 15) is 9.59 Å². The Bertz CT molecular complexity index is 396. The van der Waals surface area contributed by atoms with Crippen LogP contribution in [0.4, 0.5) is 0 Å². The monoisotopic (exact) mass is 224 g/mol. The van der Waals surface area contributed by atoms with Crippen molar-refractivity contribution in [2.24, 2.45) is 5.73 Å². The molecule has 0 aliphatic carbocycles. The number of amides is 1. The molecule has 16 heavy (non-hydrogen) atoms. The third-order valence-electron chi connectivity index (χ3n) is 2.47. The highest BCUT2D eigenvalue weighted by Crippen LogP contribution is 2.13. The van der Waals surface area contributed by atoms with Crippen molar-refractivity contribution in [3.05, 3.63) is 23.5 Å². The number of aryl methyl sites for hydroxylation is 1. The highest BCUT2D eigenvalue weighted by Gasteiger charge is 2.12. The Morgan fingerprint density at radius 1 is 1.50 bits per heavy atom. The van der Waals surface area contributed by atoms with Gasteiger partial charge in [-0.05, 0) is 18.9 Å². The Morgan fingerprint density at radius 3 is 2.69 bits per heavy atom. The summed E-state index contributed by atoms with van der Waals surface area (Å²) in [5.41, 5.74) is 6.16. The molecule has 1 rings (SSSR count). The Kier molecular flexibility index (Phi) is 4.10. The van der Waals surface area contributed by atoms with Crippen LogP contribution in [0.2, 0.25) is 0 Å². The number of carboxylic acids is 1. The van der Waals surface area contributed by atoms with Gasteiger partial charge in [-0.1, -0.05) is 6.92 Å². The number of hydrogen-bond donors (Lipinski definition) is 2. The fourth-order valence-electron chi connectivity index (χ4n) is 1.73. The number of carboxylic acid groups (broad SMARTS) is 1. The van der Waals surface area contributed by atoms with Gasteiger partial charge >= 0.3 is 5.97 Å². The normalized spacial score (nSPS) is 10.3. The Hall–Kier alpha value is -1.78. The Labute approximate surface area is 93.9 Å². The van der Waals surface area contributed by atoms with E-state index in [2.05, 4.69) is 0 Å². The zero-order valence-electron chi connectivity index (χ0n) is 9.27. The van der Waals surface area contributed by atoms with Crippen molar-refractivity contribution >= 4 is 11.9 Å². The van der Waals surface area contributed by atoms with E-state index >= 15 is 0 Å². The molecule has 0 atom stereocenters. The van der Waals surface area contributed by atoms with Gasteiger partial charge in [0.25, 0.3) is 0 Å². The van der Waals surface area contributed by atoms with Crippen LogP contribution >= 0.6 is 0 Å². The van der Waals surface area contributed by atoms with Crippen molar-refractivity contribution in [1.82, 2.24) is 4.57 Å². The third kappa shape index (κ3) is 2.85. The van der Waals surface area contributed by atoms with E-state index in [0.29, 0.717) is 31.4 Å². The van der Waals surface area contributed by atoms with Crippen molar-refractivity contribution in [1.29, 1.82) is 0 Å². The largest absolute Gasteiger partial charge is 0.478 e. The molecular weight excluding hydrogens is 208 g/mol. The minimum absolute atomic E-state index is 0.323. The molecule has 0 fully saturated rings. The Morgan fingerprint density at radius 2 is 2.19 bits per heavy atom. The zero-order valence-corrected chi connectivity index (χ0v) is 9.27. The van der Waals surface area contributed by atoms with Gasteiger partial charge in [-0.2, -0.15) is 0 Å². The van der Waals surface area contributed by atoms with Crippen molar-refractivity contribution in [3.63, 3.8) is 0 Å². The van der Waals surface area contributed by atoms with Crippen LogP contribution in [0.15, 0.2) is 12.3 Å². The molecule has 0 radical (unpaired) electrons. The summed E-state index contributed by atoms with van der Waals surface area (Å²) in [5, 5.41) is 8.94. The predicted octanol–water partition coefficient (Wildman–Crippen LogP) is 1.01. The summed E-state index contributed by atoms with van der Waals surface area (Å²) in [7, 11) is 0. The average Bonchev–Trinajstić information content (AvgIpc) is 2.60. The molecule has 88 valence electrons. The van der Waals surface area contributed by atoms with E-state index in [4.69, 9.17) is 10.8 Å². The molecule has 0 bridgehead atoms. The van der Waals surface area contributed by atoms with E-state index in [1.165, 1.54) is 0 Å². The highest BCUT2D eigenvalue weighted by atomic mass is 16.4. The van der Waals surface area contributed by atoms with Crippen LogP contribution in [0.3, 0.4) is 0 Å². The fourth-order valence-corrected chi connectivity index (χ4v) is 1.73. The van der Waals surface area contributed by atoms with Gasteiger partial charge in [0.1, 0.15) is 0 Å². The topological polar surface area (TPSA) is 85.3 Å². The molecule has 0 aromatic carbocycles. The SMILES string of the molecule is CCc1c(C(=O)O)ccn1CCCC(N)=O. The molecule has 0 spiro atoms. The number of carbonyl (C=O) groups excluding carboxylic acids is 1. The van der Waals surface area contributed by atoms with Crippen LogP contribution in [0.25, 0.3) is 0 Å². The third-order valence-corrected chi connectivity index (χ3v) is 2.47. The molecule has 5 heteroatoms. The number of nitrogens with two attached hydrogens (primary N) is 1. The number of primary amides is 1.